The quantitative estimate of drug-likeness (QED) is 0.783. The summed E-state index contributed by atoms with van der Waals surface area (Å²) in [6, 6.07) is 5.25. The third-order valence-electron chi connectivity index (χ3n) is 5.29. The van der Waals surface area contributed by atoms with Gasteiger partial charge in [0, 0.05) is 34.8 Å². The van der Waals surface area contributed by atoms with Gasteiger partial charge in [0.1, 0.15) is 0 Å². The second-order valence-electron chi connectivity index (χ2n) is 6.82. The predicted octanol–water partition coefficient (Wildman–Crippen LogP) is 4.33. The van der Waals surface area contributed by atoms with Gasteiger partial charge in [0.05, 0.1) is 12.7 Å². The third-order valence-corrected chi connectivity index (χ3v) is 5.29. The second-order valence-corrected chi connectivity index (χ2v) is 6.82. The first-order valence-electron chi connectivity index (χ1n) is 9.14. The lowest BCUT2D eigenvalue weighted by molar-refractivity contribution is -0.136. The van der Waals surface area contributed by atoms with Gasteiger partial charge in [-0.3, -0.25) is 0 Å². The van der Waals surface area contributed by atoms with Crippen molar-refractivity contribution in [3.05, 3.63) is 40.6 Å². The van der Waals surface area contributed by atoms with Gasteiger partial charge in [0.15, 0.2) is 0 Å². The summed E-state index contributed by atoms with van der Waals surface area (Å²) in [6.45, 7) is 2.15. The molecule has 1 aromatic carbocycles. The van der Waals surface area contributed by atoms with Crippen molar-refractivity contribution in [3.63, 3.8) is 0 Å². The van der Waals surface area contributed by atoms with E-state index >= 15 is 0 Å². The van der Waals surface area contributed by atoms with E-state index in [0.717, 1.165) is 66.1 Å². The Bertz CT molecular complexity index is 904. The summed E-state index contributed by atoms with van der Waals surface area (Å²) in [4.78, 5) is 23.6. The minimum atomic E-state index is -0.930. The Labute approximate surface area is 153 Å². The zero-order valence-electron chi connectivity index (χ0n) is 15.6. The van der Waals surface area contributed by atoms with Crippen molar-refractivity contribution >= 4 is 28.4 Å². The molecule has 0 spiro atoms. The van der Waals surface area contributed by atoms with Crippen LogP contribution in [0.2, 0.25) is 0 Å². The molecule has 138 valence electrons. The minimum Gasteiger partial charge on any atom is -0.478 e. The van der Waals surface area contributed by atoms with Crippen LogP contribution in [0.15, 0.2) is 23.8 Å². The summed E-state index contributed by atoms with van der Waals surface area (Å²) in [6.07, 6.45) is 5.55. The Kier molecular flexibility index (Phi) is 5.16. The summed E-state index contributed by atoms with van der Waals surface area (Å²) in [7, 11) is 3.40. The highest BCUT2D eigenvalue weighted by atomic mass is 16.5. The van der Waals surface area contributed by atoms with Crippen LogP contribution >= 0.6 is 0 Å². The zero-order valence-corrected chi connectivity index (χ0v) is 15.6. The maximum atomic E-state index is 12.2. The van der Waals surface area contributed by atoms with Crippen LogP contribution < -0.4 is 0 Å². The summed E-state index contributed by atoms with van der Waals surface area (Å²) in [5, 5.41) is 10.3. The van der Waals surface area contributed by atoms with Gasteiger partial charge in [-0.2, -0.15) is 0 Å². The lowest BCUT2D eigenvalue weighted by Crippen LogP contribution is -2.05. The van der Waals surface area contributed by atoms with E-state index in [1.54, 1.807) is 12.1 Å². The van der Waals surface area contributed by atoms with Crippen molar-refractivity contribution in [2.24, 2.45) is 7.05 Å². The van der Waals surface area contributed by atoms with Crippen molar-refractivity contribution in [1.29, 1.82) is 0 Å². The molecule has 0 saturated carbocycles. The molecule has 0 bridgehead atoms. The number of methoxy groups -OCH3 is 1. The first-order valence-corrected chi connectivity index (χ1v) is 9.14. The van der Waals surface area contributed by atoms with Crippen molar-refractivity contribution in [2.45, 2.75) is 45.4 Å². The van der Waals surface area contributed by atoms with Gasteiger partial charge < -0.3 is 14.4 Å². The largest absolute Gasteiger partial charge is 0.478 e. The van der Waals surface area contributed by atoms with Crippen LogP contribution in [-0.2, 0) is 23.0 Å². The number of ether oxygens (including phenoxy) is 1. The molecule has 0 atom stereocenters. The Morgan fingerprint density at radius 2 is 2.04 bits per heavy atom. The highest BCUT2D eigenvalue weighted by molar-refractivity contribution is 6.05. The molecule has 3 rings (SSSR count). The molecule has 1 aliphatic rings. The van der Waals surface area contributed by atoms with Crippen LogP contribution in [0.1, 0.15) is 60.6 Å². The molecule has 5 heteroatoms. The summed E-state index contributed by atoms with van der Waals surface area (Å²) >= 11 is 0. The highest BCUT2D eigenvalue weighted by Gasteiger charge is 2.27. The van der Waals surface area contributed by atoms with Crippen LogP contribution in [0.25, 0.3) is 16.5 Å². The number of fused-ring (bicyclic) bond motifs is 1. The van der Waals surface area contributed by atoms with Gasteiger partial charge in [0.2, 0.25) is 0 Å². The molecule has 0 aliphatic heterocycles. The number of benzene rings is 1. The number of allylic oxidation sites excluding steroid dienone is 1. The molecule has 0 radical (unpaired) electrons. The van der Waals surface area contributed by atoms with Gasteiger partial charge in [0.25, 0.3) is 0 Å². The van der Waals surface area contributed by atoms with Crippen LogP contribution in [0.4, 0.5) is 0 Å². The fourth-order valence-electron chi connectivity index (χ4n) is 3.96. The van der Waals surface area contributed by atoms with Crippen molar-refractivity contribution in [1.82, 2.24) is 4.57 Å². The van der Waals surface area contributed by atoms with Crippen molar-refractivity contribution < 1.29 is 19.4 Å². The molecule has 0 saturated heterocycles. The van der Waals surface area contributed by atoms with Gasteiger partial charge in [-0.05, 0) is 49.8 Å². The Morgan fingerprint density at radius 3 is 2.69 bits per heavy atom. The molecule has 0 unspecified atom stereocenters. The molecule has 26 heavy (non-hydrogen) atoms. The molecule has 1 aliphatic carbocycles. The molecule has 1 N–H and O–H groups in total. The minimum absolute atomic E-state index is 0.252. The predicted molar refractivity (Wildman–Crippen MR) is 101 cm³/mol. The molecular formula is C21H25NO4. The van der Waals surface area contributed by atoms with Crippen molar-refractivity contribution in [2.75, 3.05) is 7.11 Å². The highest BCUT2D eigenvalue weighted by Crippen LogP contribution is 2.41. The van der Waals surface area contributed by atoms with E-state index in [9.17, 15) is 14.7 Å². The summed E-state index contributed by atoms with van der Waals surface area (Å²) in [5.41, 5.74) is 5.28. The fourth-order valence-corrected chi connectivity index (χ4v) is 3.96. The molecule has 0 fully saturated rings. The number of carboxylic acids is 1. The van der Waals surface area contributed by atoms with Crippen LogP contribution in [-0.4, -0.2) is 28.7 Å². The number of aromatic nitrogens is 1. The molecule has 1 aromatic heterocycles. The van der Waals surface area contributed by atoms with E-state index in [-0.39, 0.29) is 11.5 Å². The molecular weight excluding hydrogens is 330 g/mol. The first-order chi connectivity index (χ1) is 12.5. The van der Waals surface area contributed by atoms with Crippen LogP contribution in [0, 0.1) is 0 Å². The maximum Gasteiger partial charge on any atom is 0.335 e. The Balaban J connectivity index is 2.28. The lowest BCUT2D eigenvalue weighted by atomic mass is 9.96. The molecule has 0 amide bonds. The second kappa shape index (κ2) is 7.36. The summed E-state index contributed by atoms with van der Waals surface area (Å²) in [5.74, 6) is -1.18. The van der Waals surface area contributed by atoms with Gasteiger partial charge in [-0.25, -0.2) is 9.59 Å². The van der Waals surface area contributed by atoms with E-state index in [1.807, 2.05) is 13.1 Å². The third kappa shape index (κ3) is 3.02. The average molecular weight is 355 g/mol. The molecule has 2 aromatic rings. The number of hydrogen-bond donors (Lipinski definition) is 1. The topological polar surface area (TPSA) is 68.5 Å². The van der Waals surface area contributed by atoms with Crippen LogP contribution in [0.5, 0.6) is 0 Å². The van der Waals surface area contributed by atoms with Gasteiger partial charge in [-0.1, -0.05) is 19.4 Å². The number of hydrogen-bond acceptors (Lipinski definition) is 3. The van der Waals surface area contributed by atoms with E-state index in [1.165, 1.54) is 12.8 Å². The molecule has 5 nitrogen and oxygen atoms in total. The van der Waals surface area contributed by atoms with E-state index in [0.29, 0.717) is 0 Å². The summed E-state index contributed by atoms with van der Waals surface area (Å²) < 4.78 is 7.09. The Morgan fingerprint density at radius 1 is 1.27 bits per heavy atom. The first kappa shape index (κ1) is 18.2. The number of aromatic carboxylic acids is 1. The SMILES string of the molecule is CCCCc1c(C2=C(C(=O)OC)CCC2)c2ccc(C(=O)O)cc2n1C. The Hall–Kier alpha value is -2.56. The monoisotopic (exact) mass is 355 g/mol. The van der Waals surface area contributed by atoms with Crippen molar-refractivity contribution in [3.8, 4) is 0 Å². The number of esters is 1. The maximum absolute atomic E-state index is 12.2. The zero-order chi connectivity index (χ0) is 18.8. The smallest absolute Gasteiger partial charge is 0.335 e. The van der Waals surface area contributed by atoms with Gasteiger partial charge in [-0.15, -0.1) is 0 Å². The van der Waals surface area contributed by atoms with E-state index in [4.69, 9.17) is 4.74 Å². The van der Waals surface area contributed by atoms with Gasteiger partial charge >= 0.3 is 11.9 Å². The fraction of sp³-hybridized carbons (Fsp3) is 0.429. The number of carbonyl (C=O) groups excluding carboxylic acids is 1. The number of aryl methyl sites for hydroxylation is 1. The van der Waals surface area contributed by atoms with E-state index in [2.05, 4.69) is 11.5 Å². The number of carboxylic acid groups (broad SMARTS) is 1. The van der Waals surface area contributed by atoms with E-state index < -0.39 is 5.97 Å². The number of unbranched alkanes of at least 4 members (excludes halogenated alkanes) is 1. The average Bonchev–Trinajstić information content (AvgIpc) is 3.22. The normalized spacial score (nSPS) is 14.3. The molecule has 1 heterocycles. The number of carbonyl (C=O) groups is 2. The van der Waals surface area contributed by atoms with Crippen LogP contribution in [0.3, 0.4) is 0 Å². The standard InChI is InChI=1S/C21H25NO4/c1-4-5-9-17-19(14-7-6-8-15(14)21(25)26-3)16-11-10-13(20(23)24)12-18(16)22(17)2/h10-12H,4-9H2,1-3H3,(H,23,24). The number of rotatable bonds is 6. The lowest BCUT2D eigenvalue weighted by Gasteiger charge is -2.10. The number of nitrogens with zero attached hydrogens (tertiary/aromatic N) is 1.